The fraction of sp³-hybridized carbons (Fsp3) is 0.545. The number of nitrogens with zero attached hydrogens (tertiary/aromatic N) is 5. The van der Waals surface area contributed by atoms with Crippen LogP contribution in [0, 0.1) is 22.0 Å². The first-order chi connectivity index (χ1) is 14.4. The predicted molar refractivity (Wildman–Crippen MR) is 117 cm³/mol. The molecule has 0 N–H and O–H groups in total. The topological polar surface area (TPSA) is 82.8 Å². The van der Waals surface area contributed by atoms with Gasteiger partial charge in [-0.3, -0.25) is 24.8 Å². The average molecular weight is 412 g/mol. The summed E-state index contributed by atoms with van der Waals surface area (Å²) in [6, 6.07) is 6.84. The van der Waals surface area contributed by atoms with Crippen molar-refractivity contribution in [2.75, 3.05) is 50.7 Å². The Morgan fingerprint density at radius 3 is 2.50 bits per heavy atom. The number of non-ortho nitro benzene ring substituents is 1. The van der Waals surface area contributed by atoms with E-state index in [2.05, 4.69) is 28.6 Å². The van der Waals surface area contributed by atoms with Crippen LogP contribution in [0.4, 0.5) is 11.4 Å². The molecule has 0 unspecified atom stereocenters. The number of nitro benzene ring substituents is 1. The number of carbonyl (C=O) groups excluding carboxylic acids is 1. The molecule has 0 aliphatic carbocycles. The number of anilines is 1. The Bertz CT molecular complexity index is 932. The van der Waals surface area contributed by atoms with Crippen LogP contribution in [0.5, 0.6) is 0 Å². The van der Waals surface area contributed by atoms with E-state index < -0.39 is 0 Å². The second-order valence-electron chi connectivity index (χ2n) is 8.77. The summed E-state index contributed by atoms with van der Waals surface area (Å²) < 4.78 is 0. The Hall–Kier alpha value is -2.74. The van der Waals surface area contributed by atoms with Gasteiger partial charge in [0.25, 0.3) is 5.69 Å². The molecule has 4 rings (SSSR count). The van der Waals surface area contributed by atoms with E-state index in [0.29, 0.717) is 29.3 Å². The summed E-state index contributed by atoms with van der Waals surface area (Å²) in [5.41, 5.74) is 1.66. The number of likely N-dealkylation sites (tertiary alicyclic amines) is 1. The highest BCUT2D eigenvalue weighted by molar-refractivity contribution is 5.97. The van der Waals surface area contributed by atoms with E-state index >= 15 is 0 Å². The van der Waals surface area contributed by atoms with Crippen LogP contribution >= 0.6 is 0 Å². The minimum absolute atomic E-state index is 0.0797. The number of piperazine rings is 1. The van der Waals surface area contributed by atoms with Crippen LogP contribution in [0.2, 0.25) is 0 Å². The van der Waals surface area contributed by atoms with Crippen LogP contribution in [0.15, 0.2) is 30.5 Å². The Balaban J connectivity index is 1.41. The molecule has 0 radical (unpaired) electrons. The molecular formula is C22H29N5O3. The van der Waals surface area contributed by atoms with E-state index in [9.17, 15) is 14.9 Å². The van der Waals surface area contributed by atoms with Crippen molar-refractivity contribution in [3.05, 3.63) is 40.6 Å². The van der Waals surface area contributed by atoms with E-state index in [0.717, 1.165) is 45.0 Å². The molecule has 2 saturated heterocycles. The van der Waals surface area contributed by atoms with Gasteiger partial charge in [0.05, 0.1) is 22.5 Å². The molecule has 2 fully saturated rings. The Labute approximate surface area is 176 Å². The van der Waals surface area contributed by atoms with Crippen molar-refractivity contribution in [1.82, 2.24) is 14.8 Å². The van der Waals surface area contributed by atoms with Gasteiger partial charge < -0.3 is 9.80 Å². The smallest absolute Gasteiger partial charge is 0.278 e. The van der Waals surface area contributed by atoms with E-state index in [1.165, 1.54) is 6.42 Å². The Morgan fingerprint density at radius 1 is 1.13 bits per heavy atom. The van der Waals surface area contributed by atoms with Gasteiger partial charge in [-0.15, -0.1) is 0 Å². The first-order valence-corrected chi connectivity index (χ1v) is 10.7. The third-order valence-corrected chi connectivity index (χ3v) is 6.22. The lowest BCUT2D eigenvalue weighted by molar-refractivity contribution is -0.383. The number of nitro groups is 1. The van der Waals surface area contributed by atoms with Crippen LogP contribution in [-0.4, -0.2) is 71.4 Å². The first kappa shape index (κ1) is 20.5. The number of fused-ring (bicyclic) bond motifs is 1. The maximum absolute atomic E-state index is 12.8. The highest BCUT2D eigenvalue weighted by Crippen LogP contribution is 2.32. The lowest BCUT2D eigenvalue weighted by Crippen LogP contribution is -2.52. The van der Waals surface area contributed by atoms with Crippen molar-refractivity contribution >= 4 is 28.2 Å². The van der Waals surface area contributed by atoms with Crippen molar-refractivity contribution in [1.29, 1.82) is 0 Å². The molecule has 2 aliphatic rings. The molecule has 8 nitrogen and oxygen atoms in total. The number of benzene rings is 1. The zero-order chi connectivity index (χ0) is 21.3. The van der Waals surface area contributed by atoms with Gasteiger partial charge in [-0.1, -0.05) is 13.8 Å². The molecule has 2 aliphatic heterocycles. The van der Waals surface area contributed by atoms with Crippen LogP contribution in [-0.2, 0) is 4.79 Å². The van der Waals surface area contributed by atoms with Crippen molar-refractivity contribution in [3.8, 4) is 0 Å². The molecule has 8 heteroatoms. The summed E-state index contributed by atoms with van der Waals surface area (Å²) in [6.07, 6.45) is 2.87. The largest absolute Gasteiger partial charge is 0.367 e. The predicted octanol–water partition coefficient (Wildman–Crippen LogP) is 2.77. The van der Waals surface area contributed by atoms with Gasteiger partial charge in [-0.05, 0) is 36.5 Å². The van der Waals surface area contributed by atoms with E-state index in [4.69, 9.17) is 0 Å². The van der Waals surface area contributed by atoms with E-state index in [1.807, 2.05) is 4.90 Å². The van der Waals surface area contributed by atoms with Crippen LogP contribution in [0.3, 0.4) is 0 Å². The molecular weight excluding hydrogens is 382 g/mol. The lowest BCUT2D eigenvalue weighted by atomic mass is 9.92. The lowest BCUT2D eigenvalue weighted by Gasteiger charge is -2.39. The molecule has 0 spiro atoms. The van der Waals surface area contributed by atoms with Gasteiger partial charge in [-0.25, -0.2) is 0 Å². The second-order valence-corrected chi connectivity index (χ2v) is 8.77. The van der Waals surface area contributed by atoms with Crippen molar-refractivity contribution in [2.45, 2.75) is 20.3 Å². The minimum Gasteiger partial charge on any atom is -0.367 e. The monoisotopic (exact) mass is 411 g/mol. The highest BCUT2D eigenvalue weighted by Gasteiger charge is 2.28. The van der Waals surface area contributed by atoms with Crippen LogP contribution in [0.25, 0.3) is 10.9 Å². The molecule has 1 amide bonds. The fourth-order valence-electron chi connectivity index (χ4n) is 4.86. The zero-order valence-corrected chi connectivity index (χ0v) is 17.7. The fourth-order valence-corrected chi connectivity index (χ4v) is 4.86. The summed E-state index contributed by atoms with van der Waals surface area (Å²) in [4.78, 5) is 34.6. The second kappa shape index (κ2) is 8.55. The molecule has 3 heterocycles. The summed E-state index contributed by atoms with van der Waals surface area (Å²) >= 11 is 0. The quantitative estimate of drug-likeness (QED) is 0.568. The van der Waals surface area contributed by atoms with Gasteiger partial charge in [0, 0.05) is 51.5 Å². The Kier molecular flexibility index (Phi) is 5.85. The van der Waals surface area contributed by atoms with Gasteiger partial charge in [0.2, 0.25) is 5.91 Å². The van der Waals surface area contributed by atoms with Crippen molar-refractivity contribution in [3.63, 3.8) is 0 Å². The summed E-state index contributed by atoms with van der Waals surface area (Å²) in [5, 5.41) is 11.9. The number of rotatable bonds is 4. The van der Waals surface area contributed by atoms with Crippen molar-refractivity contribution in [2.24, 2.45) is 11.8 Å². The summed E-state index contributed by atoms with van der Waals surface area (Å²) in [7, 11) is 0. The molecule has 0 bridgehead atoms. The average Bonchev–Trinajstić information content (AvgIpc) is 2.72. The molecule has 1 aromatic heterocycles. The normalized spacial score (nSPS) is 23.0. The van der Waals surface area contributed by atoms with Crippen molar-refractivity contribution < 1.29 is 9.72 Å². The number of amides is 1. The number of pyridine rings is 1. The van der Waals surface area contributed by atoms with Gasteiger partial charge in [-0.2, -0.15) is 0 Å². The maximum atomic E-state index is 12.8. The molecule has 2 aromatic rings. The van der Waals surface area contributed by atoms with Crippen LogP contribution in [0.1, 0.15) is 20.3 Å². The number of aromatic nitrogens is 1. The number of piperidine rings is 1. The SMILES string of the molecule is C[C@H]1C[C@H](C)CN(C(=O)CN2CCN(c3ccc([N+](=O)[O-])c4cccnc34)CC2)C1. The molecule has 1 aromatic carbocycles. The van der Waals surface area contributed by atoms with E-state index in [1.54, 1.807) is 30.5 Å². The van der Waals surface area contributed by atoms with E-state index in [-0.39, 0.29) is 16.5 Å². The molecule has 2 atom stereocenters. The van der Waals surface area contributed by atoms with Gasteiger partial charge in [0.15, 0.2) is 0 Å². The molecule has 0 saturated carbocycles. The first-order valence-electron chi connectivity index (χ1n) is 10.7. The van der Waals surface area contributed by atoms with Gasteiger partial charge in [0.1, 0.15) is 5.52 Å². The number of hydrogen-bond acceptors (Lipinski definition) is 6. The standard InChI is InChI=1S/C22H29N5O3/c1-16-12-17(2)14-26(13-16)21(28)15-24-8-10-25(11-9-24)20-6-5-19(27(29)30)18-4-3-7-23-22(18)20/h3-7,16-17H,8-15H2,1-2H3/t16-,17-/m0/s1. The zero-order valence-electron chi connectivity index (χ0n) is 17.7. The number of carbonyl (C=O) groups is 1. The summed E-state index contributed by atoms with van der Waals surface area (Å²) in [6.45, 7) is 9.74. The third kappa shape index (κ3) is 4.23. The Morgan fingerprint density at radius 2 is 1.83 bits per heavy atom. The highest BCUT2D eigenvalue weighted by atomic mass is 16.6. The van der Waals surface area contributed by atoms with Crippen LogP contribution < -0.4 is 4.90 Å². The van der Waals surface area contributed by atoms with Gasteiger partial charge >= 0.3 is 0 Å². The summed E-state index contributed by atoms with van der Waals surface area (Å²) in [5.74, 6) is 1.36. The number of hydrogen-bond donors (Lipinski definition) is 0. The maximum Gasteiger partial charge on any atom is 0.278 e. The minimum atomic E-state index is -0.361. The molecule has 30 heavy (non-hydrogen) atoms. The molecule has 160 valence electrons. The third-order valence-electron chi connectivity index (χ3n) is 6.22.